The Bertz CT molecular complexity index is 624. The summed E-state index contributed by atoms with van der Waals surface area (Å²) in [6.45, 7) is 1.92. The van der Waals surface area contributed by atoms with Crippen LogP contribution in [0.5, 0.6) is 0 Å². The number of carbonyl (C=O) groups is 1. The quantitative estimate of drug-likeness (QED) is 0.773. The molecule has 0 radical (unpaired) electrons. The number of H-pyrrole nitrogens is 1. The van der Waals surface area contributed by atoms with E-state index in [1.54, 1.807) is 11.7 Å². The first-order valence-corrected chi connectivity index (χ1v) is 4.86. The maximum Gasteiger partial charge on any atom is 0.341 e. The Morgan fingerprint density at radius 3 is 2.88 bits per heavy atom. The zero-order chi connectivity index (χ0) is 11.9. The van der Waals surface area contributed by atoms with Crippen molar-refractivity contribution < 1.29 is 9.90 Å². The van der Waals surface area contributed by atoms with Crippen LogP contribution in [0, 0.1) is 0 Å². The molecule has 84 valence electrons. The Morgan fingerprint density at radius 2 is 2.31 bits per heavy atom. The first-order chi connectivity index (χ1) is 7.54. The predicted molar refractivity (Wildman–Crippen MR) is 57.7 cm³/mol. The van der Waals surface area contributed by atoms with E-state index < -0.39 is 11.5 Å². The molecule has 0 saturated heterocycles. The number of aryl methyl sites for hydroxylation is 2. The third-order valence-corrected chi connectivity index (χ3v) is 2.49. The normalized spacial score (nSPS) is 10.9. The predicted octanol–water partition coefficient (Wildman–Crippen LogP) is 0.522. The smallest absolute Gasteiger partial charge is 0.341 e. The number of aromatic amines is 1. The lowest BCUT2D eigenvalue weighted by Gasteiger charge is -1.96. The maximum atomic E-state index is 11.4. The highest BCUT2D eigenvalue weighted by molar-refractivity contribution is 5.92. The largest absolute Gasteiger partial charge is 0.477 e. The van der Waals surface area contributed by atoms with Crippen molar-refractivity contribution in [2.45, 2.75) is 13.3 Å². The topological polar surface area (TPSA) is 88.0 Å². The fraction of sp³-hybridized carbons (Fsp3) is 0.300. The van der Waals surface area contributed by atoms with Crippen molar-refractivity contribution in [1.82, 2.24) is 14.8 Å². The minimum Gasteiger partial charge on any atom is -0.477 e. The van der Waals surface area contributed by atoms with Gasteiger partial charge in [-0.25, -0.2) is 4.79 Å². The number of carboxylic acids is 1. The van der Waals surface area contributed by atoms with Crippen LogP contribution in [0.3, 0.4) is 0 Å². The van der Waals surface area contributed by atoms with Gasteiger partial charge in [0.25, 0.3) is 5.56 Å². The average molecular weight is 221 g/mol. The molecule has 2 aromatic rings. The summed E-state index contributed by atoms with van der Waals surface area (Å²) in [6, 6.07) is 1.38. The van der Waals surface area contributed by atoms with E-state index in [0.29, 0.717) is 17.5 Å². The monoisotopic (exact) mass is 221 g/mol. The van der Waals surface area contributed by atoms with Crippen LogP contribution in [0.4, 0.5) is 0 Å². The first-order valence-electron chi connectivity index (χ1n) is 4.86. The molecule has 0 saturated carbocycles. The van der Waals surface area contributed by atoms with E-state index in [1.807, 2.05) is 6.92 Å². The molecule has 16 heavy (non-hydrogen) atoms. The first kappa shape index (κ1) is 10.4. The summed E-state index contributed by atoms with van der Waals surface area (Å²) in [5.41, 5.74) is 0.462. The van der Waals surface area contributed by atoms with E-state index in [1.165, 1.54) is 6.07 Å². The van der Waals surface area contributed by atoms with Crippen molar-refractivity contribution in [3.63, 3.8) is 0 Å². The maximum absolute atomic E-state index is 11.4. The summed E-state index contributed by atoms with van der Waals surface area (Å²) in [6.07, 6.45) is 0.683. The van der Waals surface area contributed by atoms with Crippen molar-refractivity contribution in [3.8, 4) is 0 Å². The number of nitrogens with one attached hydrogen (secondary N) is 1. The molecule has 2 N–H and O–H groups in total. The van der Waals surface area contributed by atoms with Gasteiger partial charge in [0.05, 0.1) is 5.69 Å². The molecule has 6 heteroatoms. The summed E-state index contributed by atoms with van der Waals surface area (Å²) in [4.78, 5) is 24.8. The van der Waals surface area contributed by atoms with E-state index in [2.05, 4.69) is 10.1 Å². The number of hydrogen-bond donors (Lipinski definition) is 2. The van der Waals surface area contributed by atoms with E-state index in [0.717, 1.165) is 5.69 Å². The van der Waals surface area contributed by atoms with Crippen LogP contribution in [0.15, 0.2) is 10.9 Å². The average Bonchev–Trinajstić information content (AvgIpc) is 2.54. The molecule has 0 unspecified atom stereocenters. The van der Waals surface area contributed by atoms with E-state index in [4.69, 9.17) is 5.11 Å². The van der Waals surface area contributed by atoms with Gasteiger partial charge < -0.3 is 10.1 Å². The van der Waals surface area contributed by atoms with E-state index >= 15 is 0 Å². The second-order valence-electron chi connectivity index (χ2n) is 3.50. The Kier molecular flexibility index (Phi) is 2.26. The van der Waals surface area contributed by atoms with Gasteiger partial charge in [-0.05, 0) is 12.5 Å². The van der Waals surface area contributed by atoms with Gasteiger partial charge in [0.1, 0.15) is 11.2 Å². The van der Waals surface area contributed by atoms with Crippen LogP contribution in [0.1, 0.15) is 23.0 Å². The van der Waals surface area contributed by atoms with Crippen LogP contribution in [-0.4, -0.2) is 25.8 Å². The number of aromatic carboxylic acids is 1. The number of aromatic nitrogens is 3. The molecule has 6 nitrogen and oxygen atoms in total. The van der Waals surface area contributed by atoms with Crippen LogP contribution in [0.25, 0.3) is 11.0 Å². The lowest BCUT2D eigenvalue weighted by Crippen LogP contribution is -2.17. The van der Waals surface area contributed by atoms with Crippen LogP contribution in [-0.2, 0) is 13.5 Å². The molecule has 0 atom stereocenters. The molecule has 0 aromatic carbocycles. The van der Waals surface area contributed by atoms with Gasteiger partial charge in [-0.15, -0.1) is 0 Å². The molecule has 0 fully saturated rings. The van der Waals surface area contributed by atoms with Crippen molar-refractivity contribution >= 4 is 17.0 Å². The molecule has 0 aliphatic rings. The third kappa shape index (κ3) is 1.39. The molecule has 2 heterocycles. The number of fused-ring (bicyclic) bond motifs is 1. The Hall–Kier alpha value is -2.11. The van der Waals surface area contributed by atoms with Gasteiger partial charge >= 0.3 is 5.97 Å². The lowest BCUT2D eigenvalue weighted by molar-refractivity contribution is 0.0695. The number of rotatable bonds is 2. The number of carboxylic acid groups (broad SMARTS) is 1. The SMILES string of the molecule is CCc1nn(C)c2[nH]c(=O)c(C(=O)O)cc12. The summed E-state index contributed by atoms with van der Waals surface area (Å²) in [7, 11) is 1.71. The molecule has 0 amide bonds. The van der Waals surface area contributed by atoms with Gasteiger partial charge in [0, 0.05) is 12.4 Å². The van der Waals surface area contributed by atoms with E-state index in [-0.39, 0.29) is 5.56 Å². The fourth-order valence-corrected chi connectivity index (χ4v) is 1.70. The standard InChI is InChI=1S/C10H11N3O3/c1-3-7-5-4-6(10(15)16)9(14)11-8(5)13(2)12-7/h4H,3H2,1-2H3,(H,11,14)(H,15,16). The summed E-state index contributed by atoms with van der Waals surface area (Å²) < 4.78 is 1.54. The molecule has 0 aliphatic heterocycles. The highest BCUT2D eigenvalue weighted by atomic mass is 16.4. The van der Waals surface area contributed by atoms with Crippen molar-refractivity contribution in [3.05, 3.63) is 27.7 Å². The molecule has 2 aromatic heterocycles. The molecule has 2 rings (SSSR count). The van der Waals surface area contributed by atoms with Crippen LogP contribution >= 0.6 is 0 Å². The highest BCUT2D eigenvalue weighted by Crippen LogP contribution is 2.15. The van der Waals surface area contributed by atoms with Gasteiger partial charge in [-0.3, -0.25) is 9.48 Å². The van der Waals surface area contributed by atoms with Gasteiger partial charge in [-0.2, -0.15) is 5.10 Å². The van der Waals surface area contributed by atoms with Crippen molar-refractivity contribution in [1.29, 1.82) is 0 Å². The summed E-state index contributed by atoms with van der Waals surface area (Å²) in [5, 5.41) is 13.7. The summed E-state index contributed by atoms with van der Waals surface area (Å²) in [5.74, 6) is -1.23. The van der Waals surface area contributed by atoms with Crippen molar-refractivity contribution in [2.75, 3.05) is 0 Å². The van der Waals surface area contributed by atoms with Crippen LogP contribution < -0.4 is 5.56 Å². The number of nitrogens with zero attached hydrogens (tertiary/aromatic N) is 2. The molecule has 0 bridgehead atoms. The number of pyridine rings is 1. The minimum atomic E-state index is -1.23. The minimum absolute atomic E-state index is 0.254. The Balaban J connectivity index is 2.87. The lowest BCUT2D eigenvalue weighted by atomic mass is 10.2. The second kappa shape index (κ2) is 3.48. The zero-order valence-electron chi connectivity index (χ0n) is 8.94. The Morgan fingerprint density at radius 1 is 1.62 bits per heavy atom. The molecular weight excluding hydrogens is 210 g/mol. The molecule has 0 spiro atoms. The molecule has 0 aliphatic carbocycles. The third-order valence-electron chi connectivity index (χ3n) is 2.49. The van der Waals surface area contributed by atoms with Gasteiger partial charge in [0.2, 0.25) is 0 Å². The van der Waals surface area contributed by atoms with Crippen LogP contribution in [0.2, 0.25) is 0 Å². The van der Waals surface area contributed by atoms with E-state index in [9.17, 15) is 9.59 Å². The van der Waals surface area contributed by atoms with Crippen molar-refractivity contribution in [2.24, 2.45) is 7.05 Å². The summed E-state index contributed by atoms with van der Waals surface area (Å²) >= 11 is 0. The number of hydrogen-bond acceptors (Lipinski definition) is 3. The highest BCUT2D eigenvalue weighted by Gasteiger charge is 2.14. The second-order valence-corrected chi connectivity index (χ2v) is 3.50. The van der Waals surface area contributed by atoms with Gasteiger partial charge in [0.15, 0.2) is 0 Å². The van der Waals surface area contributed by atoms with Gasteiger partial charge in [-0.1, -0.05) is 6.92 Å². The molecular formula is C10H11N3O3. The fourth-order valence-electron chi connectivity index (χ4n) is 1.70. The zero-order valence-corrected chi connectivity index (χ0v) is 8.94. The Labute approximate surface area is 90.5 Å².